The van der Waals surface area contributed by atoms with Crippen LogP contribution in [0.5, 0.6) is 0 Å². The van der Waals surface area contributed by atoms with Gasteiger partial charge in [0.25, 0.3) is 0 Å². The maximum Gasteiger partial charge on any atom is 0.0891 e. The van der Waals surface area contributed by atoms with Crippen LogP contribution in [0, 0.1) is 5.92 Å². The maximum atomic E-state index is 6.09. The van der Waals surface area contributed by atoms with Crippen molar-refractivity contribution in [3.63, 3.8) is 0 Å². The van der Waals surface area contributed by atoms with Crippen molar-refractivity contribution >= 4 is 0 Å². The van der Waals surface area contributed by atoms with E-state index in [1.807, 2.05) is 0 Å². The first kappa shape index (κ1) is 13.3. The molecule has 1 saturated carbocycles. The predicted octanol–water partition coefficient (Wildman–Crippen LogP) is 2.77. The van der Waals surface area contributed by atoms with Crippen LogP contribution in [0.3, 0.4) is 0 Å². The Morgan fingerprint density at radius 2 is 1.82 bits per heavy atom. The Morgan fingerprint density at radius 1 is 1.12 bits per heavy atom. The minimum absolute atomic E-state index is 0.0834. The van der Waals surface area contributed by atoms with Crippen LogP contribution in [0.4, 0.5) is 0 Å². The molecule has 2 aliphatic rings. The van der Waals surface area contributed by atoms with Crippen molar-refractivity contribution in [3.05, 3.63) is 0 Å². The molecular weight excluding hydrogens is 216 g/mol. The van der Waals surface area contributed by atoms with Crippen LogP contribution in [-0.4, -0.2) is 36.6 Å². The van der Waals surface area contributed by atoms with Gasteiger partial charge in [-0.25, -0.2) is 0 Å². The second-order valence-electron chi connectivity index (χ2n) is 6.53. The molecule has 1 aliphatic carbocycles. The molecule has 0 unspecified atom stereocenters. The molecule has 0 aromatic heterocycles. The van der Waals surface area contributed by atoms with E-state index < -0.39 is 0 Å². The summed E-state index contributed by atoms with van der Waals surface area (Å²) in [6, 6.07) is 0. The van der Waals surface area contributed by atoms with Crippen LogP contribution in [0.2, 0.25) is 0 Å². The molecule has 0 aromatic rings. The van der Waals surface area contributed by atoms with Crippen molar-refractivity contribution in [2.45, 2.75) is 77.5 Å². The molecule has 0 spiro atoms. The largest absolute Gasteiger partial charge is 0.373 e. The number of hydrogen-bond donors (Lipinski definition) is 0. The van der Waals surface area contributed by atoms with Gasteiger partial charge in [-0.3, -0.25) is 0 Å². The fourth-order valence-corrected chi connectivity index (χ4v) is 2.99. The average Bonchev–Trinajstić information content (AvgIpc) is 2.68. The molecule has 3 nitrogen and oxygen atoms in total. The second kappa shape index (κ2) is 4.87. The summed E-state index contributed by atoms with van der Waals surface area (Å²) in [5.74, 6) is 0.526. The first-order valence-corrected chi connectivity index (χ1v) is 6.82. The van der Waals surface area contributed by atoms with Gasteiger partial charge in [0.2, 0.25) is 0 Å². The standard InChI is InChI=1S/C14H26O3/c1-9(2)16-11-7-6-10-12(8-15-13(10)11)17-14(3,4)5/h9-13H,6-8H2,1-5H3/t10-,11-,12-,13+/m1/s1. The monoisotopic (exact) mass is 242 g/mol. The molecule has 0 N–H and O–H groups in total. The van der Waals surface area contributed by atoms with Gasteiger partial charge in [0.15, 0.2) is 0 Å². The summed E-state index contributed by atoms with van der Waals surface area (Å²) < 4.78 is 17.9. The van der Waals surface area contributed by atoms with Crippen LogP contribution in [0.25, 0.3) is 0 Å². The minimum atomic E-state index is -0.0834. The van der Waals surface area contributed by atoms with E-state index in [-0.39, 0.29) is 30.0 Å². The third-order valence-corrected chi connectivity index (χ3v) is 3.46. The first-order chi connectivity index (χ1) is 7.87. The minimum Gasteiger partial charge on any atom is -0.373 e. The molecule has 4 atom stereocenters. The lowest BCUT2D eigenvalue weighted by molar-refractivity contribution is -0.0780. The van der Waals surface area contributed by atoms with E-state index in [2.05, 4.69) is 34.6 Å². The Morgan fingerprint density at radius 3 is 2.41 bits per heavy atom. The highest BCUT2D eigenvalue weighted by Crippen LogP contribution is 2.40. The molecule has 100 valence electrons. The van der Waals surface area contributed by atoms with Crippen molar-refractivity contribution < 1.29 is 14.2 Å². The Labute approximate surface area is 105 Å². The highest BCUT2D eigenvalue weighted by atomic mass is 16.6. The molecule has 3 heteroatoms. The highest BCUT2D eigenvalue weighted by Gasteiger charge is 2.48. The lowest BCUT2D eigenvalue weighted by Gasteiger charge is -2.27. The van der Waals surface area contributed by atoms with Crippen LogP contribution < -0.4 is 0 Å². The molecule has 2 rings (SSSR count). The second-order valence-corrected chi connectivity index (χ2v) is 6.53. The molecule has 0 aromatic carbocycles. The summed E-state index contributed by atoms with van der Waals surface area (Å²) >= 11 is 0. The fourth-order valence-electron chi connectivity index (χ4n) is 2.99. The molecular formula is C14H26O3. The van der Waals surface area contributed by atoms with Crippen molar-refractivity contribution in [2.24, 2.45) is 5.92 Å². The van der Waals surface area contributed by atoms with Gasteiger partial charge in [-0.2, -0.15) is 0 Å². The van der Waals surface area contributed by atoms with Gasteiger partial charge < -0.3 is 14.2 Å². The van der Waals surface area contributed by atoms with Gasteiger partial charge in [0, 0.05) is 5.92 Å². The van der Waals surface area contributed by atoms with E-state index in [1.54, 1.807) is 0 Å². The Kier molecular flexibility index (Phi) is 3.81. The van der Waals surface area contributed by atoms with Crippen LogP contribution in [-0.2, 0) is 14.2 Å². The highest BCUT2D eigenvalue weighted by molar-refractivity contribution is 4.96. The van der Waals surface area contributed by atoms with Gasteiger partial charge in [-0.15, -0.1) is 0 Å². The number of ether oxygens (including phenoxy) is 3. The smallest absolute Gasteiger partial charge is 0.0891 e. The molecule has 0 bridgehead atoms. The van der Waals surface area contributed by atoms with Gasteiger partial charge in [0.05, 0.1) is 36.6 Å². The quantitative estimate of drug-likeness (QED) is 0.761. The predicted molar refractivity (Wildman–Crippen MR) is 67.1 cm³/mol. The van der Waals surface area contributed by atoms with Gasteiger partial charge >= 0.3 is 0 Å². The van der Waals surface area contributed by atoms with Crippen molar-refractivity contribution in [1.82, 2.24) is 0 Å². The summed E-state index contributed by atoms with van der Waals surface area (Å²) in [6.07, 6.45) is 3.34. The molecule has 0 amide bonds. The van der Waals surface area contributed by atoms with Gasteiger partial charge in [-0.1, -0.05) is 0 Å². The molecule has 0 radical (unpaired) electrons. The van der Waals surface area contributed by atoms with E-state index in [9.17, 15) is 0 Å². The van der Waals surface area contributed by atoms with Gasteiger partial charge in [-0.05, 0) is 47.5 Å². The first-order valence-electron chi connectivity index (χ1n) is 6.82. The van der Waals surface area contributed by atoms with E-state index >= 15 is 0 Å². The maximum absolute atomic E-state index is 6.09. The molecule has 2 fully saturated rings. The van der Waals surface area contributed by atoms with E-state index in [0.717, 1.165) is 13.0 Å². The summed E-state index contributed by atoms with van der Waals surface area (Å²) in [7, 11) is 0. The molecule has 1 aliphatic heterocycles. The van der Waals surface area contributed by atoms with Crippen molar-refractivity contribution in [2.75, 3.05) is 6.61 Å². The van der Waals surface area contributed by atoms with Crippen LogP contribution in [0.15, 0.2) is 0 Å². The third-order valence-electron chi connectivity index (χ3n) is 3.46. The third kappa shape index (κ3) is 3.21. The van der Waals surface area contributed by atoms with E-state index in [1.165, 1.54) is 6.42 Å². The molecule has 1 saturated heterocycles. The number of fused-ring (bicyclic) bond motifs is 1. The van der Waals surface area contributed by atoms with Crippen molar-refractivity contribution in [1.29, 1.82) is 0 Å². The SMILES string of the molecule is CC(C)O[C@@H]1CC[C@H]2[C@@H]1OC[C@H]2OC(C)(C)C. The number of rotatable bonds is 3. The normalized spacial score (nSPS) is 37.8. The van der Waals surface area contributed by atoms with E-state index in [4.69, 9.17) is 14.2 Å². The van der Waals surface area contributed by atoms with Gasteiger partial charge in [0.1, 0.15) is 0 Å². The zero-order valence-corrected chi connectivity index (χ0v) is 11.7. The summed E-state index contributed by atoms with van der Waals surface area (Å²) in [5, 5.41) is 0. The zero-order valence-electron chi connectivity index (χ0n) is 11.7. The topological polar surface area (TPSA) is 27.7 Å². The lowest BCUT2D eigenvalue weighted by atomic mass is 10.0. The fraction of sp³-hybridized carbons (Fsp3) is 1.00. The summed E-state index contributed by atoms with van der Waals surface area (Å²) in [5.41, 5.74) is -0.0834. The Balaban J connectivity index is 1.92. The zero-order chi connectivity index (χ0) is 12.6. The molecule has 1 heterocycles. The Hall–Kier alpha value is -0.120. The van der Waals surface area contributed by atoms with Crippen LogP contribution in [0.1, 0.15) is 47.5 Å². The summed E-state index contributed by atoms with van der Waals surface area (Å²) in [4.78, 5) is 0. The van der Waals surface area contributed by atoms with E-state index in [0.29, 0.717) is 5.92 Å². The van der Waals surface area contributed by atoms with Crippen molar-refractivity contribution in [3.8, 4) is 0 Å². The summed E-state index contributed by atoms with van der Waals surface area (Å²) in [6.45, 7) is 11.2. The molecule has 17 heavy (non-hydrogen) atoms. The number of hydrogen-bond acceptors (Lipinski definition) is 3. The van der Waals surface area contributed by atoms with Crippen LogP contribution >= 0.6 is 0 Å². The Bertz CT molecular complexity index is 257. The average molecular weight is 242 g/mol. The lowest BCUT2D eigenvalue weighted by Crippen LogP contribution is -2.34.